The maximum atomic E-state index is 5.04. The van der Waals surface area contributed by atoms with Crippen molar-refractivity contribution in [3.8, 4) is 0 Å². The summed E-state index contributed by atoms with van der Waals surface area (Å²) in [7, 11) is 1.60. The molecule has 0 unspecified atom stereocenters. The van der Waals surface area contributed by atoms with Crippen LogP contribution in [0, 0.1) is 0 Å². The predicted molar refractivity (Wildman–Crippen MR) is 43.7 cm³/mol. The minimum absolute atomic E-state index is 0.0843. The highest BCUT2D eigenvalue weighted by molar-refractivity contribution is 4.97. The molecule has 0 aliphatic carbocycles. The summed E-state index contributed by atoms with van der Waals surface area (Å²) in [4.78, 5) is 4.17. The zero-order valence-electron chi connectivity index (χ0n) is 7.92. The fraction of sp³-hybridized carbons (Fsp3) is 0.750. The van der Waals surface area contributed by atoms with Gasteiger partial charge in [-0.2, -0.15) is 4.98 Å². The first-order chi connectivity index (χ1) is 5.54. The molecule has 0 saturated heterocycles. The van der Waals surface area contributed by atoms with Crippen molar-refractivity contribution in [1.29, 1.82) is 0 Å². The van der Waals surface area contributed by atoms with Gasteiger partial charge in [0, 0.05) is 12.5 Å². The summed E-state index contributed by atoms with van der Waals surface area (Å²) < 4.78 is 9.91. The first kappa shape index (κ1) is 9.19. The Morgan fingerprint density at radius 2 is 2.08 bits per heavy atom. The molecule has 0 saturated carbocycles. The summed E-state index contributed by atoms with van der Waals surface area (Å²) in [5.41, 5.74) is -0.0843. The fourth-order valence-corrected chi connectivity index (χ4v) is 0.746. The molecule has 0 radical (unpaired) electrons. The van der Waals surface area contributed by atoms with Crippen LogP contribution in [0.3, 0.4) is 0 Å². The zero-order chi connectivity index (χ0) is 9.19. The second-order valence-electron chi connectivity index (χ2n) is 3.70. The van der Waals surface area contributed by atoms with Crippen molar-refractivity contribution in [2.75, 3.05) is 7.11 Å². The van der Waals surface area contributed by atoms with Gasteiger partial charge in [-0.3, -0.25) is 0 Å². The van der Waals surface area contributed by atoms with Gasteiger partial charge < -0.3 is 9.26 Å². The quantitative estimate of drug-likeness (QED) is 0.675. The highest BCUT2D eigenvalue weighted by Gasteiger charge is 2.21. The molecular weight excluding hydrogens is 156 g/mol. The molecule has 1 rings (SSSR count). The van der Waals surface area contributed by atoms with E-state index in [0.29, 0.717) is 18.3 Å². The fourth-order valence-electron chi connectivity index (χ4n) is 0.746. The Kier molecular flexibility index (Phi) is 2.47. The van der Waals surface area contributed by atoms with Crippen LogP contribution in [0.25, 0.3) is 0 Å². The SMILES string of the molecule is COCc1noc(C(C)(C)C)n1. The molecule has 68 valence electrons. The van der Waals surface area contributed by atoms with Crippen LogP contribution in [0.15, 0.2) is 4.52 Å². The van der Waals surface area contributed by atoms with E-state index < -0.39 is 0 Å². The van der Waals surface area contributed by atoms with Crippen LogP contribution >= 0.6 is 0 Å². The van der Waals surface area contributed by atoms with Gasteiger partial charge in [-0.05, 0) is 0 Å². The summed E-state index contributed by atoms with van der Waals surface area (Å²) in [6.45, 7) is 6.48. The van der Waals surface area contributed by atoms with Crippen LogP contribution in [0.4, 0.5) is 0 Å². The second kappa shape index (κ2) is 3.23. The molecule has 1 aromatic rings. The minimum Gasteiger partial charge on any atom is -0.377 e. The molecule has 12 heavy (non-hydrogen) atoms. The van der Waals surface area contributed by atoms with E-state index in [0.717, 1.165) is 0 Å². The van der Waals surface area contributed by atoms with Gasteiger partial charge in [-0.1, -0.05) is 25.9 Å². The highest BCUT2D eigenvalue weighted by atomic mass is 16.5. The summed E-state index contributed by atoms with van der Waals surface area (Å²) in [6, 6.07) is 0. The van der Waals surface area contributed by atoms with E-state index in [4.69, 9.17) is 9.26 Å². The number of hydrogen-bond acceptors (Lipinski definition) is 4. The number of rotatable bonds is 2. The lowest BCUT2D eigenvalue weighted by Gasteiger charge is -2.10. The monoisotopic (exact) mass is 170 g/mol. The predicted octanol–water partition coefficient (Wildman–Crippen LogP) is 1.51. The summed E-state index contributed by atoms with van der Waals surface area (Å²) >= 11 is 0. The molecule has 0 N–H and O–H groups in total. The molecule has 4 nitrogen and oxygen atoms in total. The molecule has 0 atom stereocenters. The van der Waals surface area contributed by atoms with Gasteiger partial charge in [0.15, 0.2) is 5.82 Å². The van der Waals surface area contributed by atoms with Crippen LogP contribution < -0.4 is 0 Å². The lowest BCUT2D eigenvalue weighted by Crippen LogP contribution is -2.11. The lowest BCUT2D eigenvalue weighted by molar-refractivity contribution is 0.174. The van der Waals surface area contributed by atoms with Gasteiger partial charge in [0.25, 0.3) is 0 Å². The van der Waals surface area contributed by atoms with Gasteiger partial charge >= 0.3 is 0 Å². The van der Waals surface area contributed by atoms with E-state index >= 15 is 0 Å². The molecule has 0 spiro atoms. The smallest absolute Gasteiger partial charge is 0.232 e. The van der Waals surface area contributed by atoms with Crippen molar-refractivity contribution in [2.45, 2.75) is 32.8 Å². The maximum Gasteiger partial charge on any atom is 0.232 e. The van der Waals surface area contributed by atoms with Crippen LogP contribution in [0.2, 0.25) is 0 Å². The summed E-state index contributed by atoms with van der Waals surface area (Å²) in [5, 5.41) is 3.76. The van der Waals surface area contributed by atoms with Crippen molar-refractivity contribution < 1.29 is 9.26 Å². The molecular formula is C8H14N2O2. The highest BCUT2D eigenvalue weighted by Crippen LogP contribution is 2.19. The lowest BCUT2D eigenvalue weighted by atomic mass is 9.97. The summed E-state index contributed by atoms with van der Waals surface area (Å²) in [6.07, 6.45) is 0. The number of methoxy groups -OCH3 is 1. The zero-order valence-corrected chi connectivity index (χ0v) is 7.92. The minimum atomic E-state index is -0.0843. The van der Waals surface area contributed by atoms with Crippen molar-refractivity contribution in [3.63, 3.8) is 0 Å². The topological polar surface area (TPSA) is 48.2 Å². The van der Waals surface area contributed by atoms with E-state index in [1.54, 1.807) is 7.11 Å². The van der Waals surface area contributed by atoms with Crippen LogP contribution in [-0.4, -0.2) is 17.3 Å². The number of hydrogen-bond donors (Lipinski definition) is 0. The number of ether oxygens (including phenoxy) is 1. The second-order valence-corrected chi connectivity index (χ2v) is 3.70. The van der Waals surface area contributed by atoms with E-state index in [9.17, 15) is 0 Å². The molecule has 0 aliphatic rings. The summed E-state index contributed by atoms with van der Waals surface area (Å²) in [5.74, 6) is 1.25. The van der Waals surface area contributed by atoms with Gasteiger partial charge in [0.2, 0.25) is 5.89 Å². The van der Waals surface area contributed by atoms with E-state index in [1.807, 2.05) is 20.8 Å². The normalized spacial score (nSPS) is 12.0. The third-order valence-corrected chi connectivity index (χ3v) is 1.38. The Labute approximate surface area is 71.9 Å². The Bertz CT molecular complexity index is 250. The first-order valence-corrected chi connectivity index (χ1v) is 3.86. The van der Waals surface area contributed by atoms with Crippen molar-refractivity contribution in [1.82, 2.24) is 10.1 Å². The largest absolute Gasteiger partial charge is 0.377 e. The third-order valence-electron chi connectivity index (χ3n) is 1.38. The van der Waals surface area contributed by atoms with Gasteiger partial charge in [-0.15, -0.1) is 0 Å². The molecule has 0 amide bonds. The average Bonchev–Trinajstić information content (AvgIpc) is 2.35. The molecule has 0 bridgehead atoms. The molecule has 1 aromatic heterocycles. The Morgan fingerprint density at radius 1 is 1.42 bits per heavy atom. The first-order valence-electron chi connectivity index (χ1n) is 3.86. The average molecular weight is 170 g/mol. The Hall–Kier alpha value is -0.900. The number of nitrogens with zero attached hydrogens (tertiary/aromatic N) is 2. The van der Waals surface area contributed by atoms with Gasteiger partial charge in [0.1, 0.15) is 6.61 Å². The molecule has 0 aliphatic heterocycles. The van der Waals surface area contributed by atoms with E-state index in [2.05, 4.69) is 10.1 Å². The number of aromatic nitrogens is 2. The Morgan fingerprint density at radius 3 is 2.50 bits per heavy atom. The van der Waals surface area contributed by atoms with E-state index in [1.165, 1.54) is 0 Å². The van der Waals surface area contributed by atoms with Crippen LogP contribution in [0.5, 0.6) is 0 Å². The molecule has 0 aromatic carbocycles. The van der Waals surface area contributed by atoms with E-state index in [-0.39, 0.29) is 5.41 Å². The van der Waals surface area contributed by atoms with Crippen molar-refractivity contribution in [3.05, 3.63) is 11.7 Å². The van der Waals surface area contributed by atoms with Crippen molar-refractivity contribution >= 4 is 0 Å². The Balaban J connectivity index is 2.77. The maximum absolute atomic E-state index is 5.04. The third kappa shape index (κ3) is 2.04. The molecule has 0 fully saturated rings. The molecule has 4 heteroatoms. The standard InChI is InChI=1S/C8H14N2O2/c1-8(2,3)7-9-6(5-11-4)10-12-7/h5H2,1-4H3. The van der Waals surface area contributed by atoms with Crippen LogP contribution in [0.1, 0.15) is 32.5 Å². The van der Waals surface area contributed by atoms with Crippen LogP contribution in [-0.2, 0) is 16.8 Å². The van der Waals surface area contributed by atoms with Crippen molar-refractivity contribution in [2.24, 2.45) is 0 Å². The van der Waals surface area contributed by atoms with Gasteiger partial charge in [0.05, 0.1) is 0 Å². The molecule has 1 heterocycles. The van der Waals surface area contributed by atoms with Gasteiger partial charge in [-0.25, -0.2) is 0 Å².